The molecule has 0 aromatic carbocycles. The molecule has 0 unspecified atom stereocenters. The van der Waals surface area contributed by atoms with Crippen LogP contribution in [0, 0.1) is 0 Å². The lowest BCUT2D eigenvalue weighted by molar-refractivity contribution is 0.0948. The molecule has 5 N–H and O–H groups in total. The maximum atomic E-state index is 11.9. The summed E-state index contributed by atoms with van der Waals surface area (Å²) in [6.07, 6.45) is 5.00. The van der Waals surface area contributed by atoms with Gasteiger partial charge in [-0.25, -0.2) is 15.8 Å². The summed E-state index contributed by atoms with van der Waals surface area (Å²) in [5.41, 5.74) is 2.53. The SMILES string of the molecule is NNc1ccc(Cl)c(C(=O)NCCCc2ncc[nH]2)n1. The number of carbonyl (C=O) groups is 1. The van der Waals surface area contributed by atoms with Crippen LogP contribution in [-0.2, 0) is 6.42 Å². The molecule has 106 valence electrons. The van der Waals surface area contributed by atoms with Crippen LogP contribution in [-0.4, -0.2) is 27.4 Å². The number of pyridine rings is 1. The molecule has 2 heterocycles. The van der Waals surface area contributed by atoms with Gasteiger partial charge < -0.3 is 15.7 Å². The lowest BCUT2D eigenvalue weighted by atomic mass is 10.3. The Kier molecular flexibility index (Phi) is 4.91. The first-order valence-corrected chi connectivity index (χ1v) is 6.48. The maximum absolute atomic E-state index is 11.9. The summed E-state index contributed by atoms with van der Waals surface area (Å²) < 4.78 is 0. The molecule has 0 spiro atoms. The van der Waals surface area contributed by atoms with Crippen molar-refractivity contribution >= 4 is 23.3 Å². The number of hydrazine groups is 1. The normalized spacial score (nSPS) is 10.3. The molecule has 0 bridgehead atoms. The predicted octanol–water partition coefficient (Wildman–Crippen LogP) is 1.11. The van der Waals surface area contributed by atoms with E-state index >= 15 is 0 Å². The van der Waals surface area contributed by atoms with Crippen molar-refractivity contribution in [3.63, 3.8) is 0 Å². The lowest BCUT2D eigenvalue weighted by Gasteiger charge is -2.07. The highest BCUT2D eigenvalue weighted by Crippen LogP contribution is 2.16. The van der Waals surface area contributed by atoms with Crippen LogP contribution in [0.2, 0.25) is 5.02 Å². The van der Waals surface area contributed by atoms with Crippen molar-refractivity contribution in [1.29, 1.82) is 0 Å². The smallest absolute Gasteiger partial charge is 0.271 e. The summed E-state index contributed by atoms with van der Waals surface area (Å²) in [5.74, 6) is 6.20. The van der Waals surface area contributed by atoms with Gasteiger partial charge in [0.15, 0.2) is 0 Å². The molecule has 0 saturated heterocycles. The Morgan fingerprint density at radius 1 is 1.45 bits per heavy atom. The van der Waals surface area contributed by atoms with Crippen LogP contribution in [0.1, 0.15) is 22.7 Å². The van der Waals surface area contributed by atoms with Crippen LogP contribution in [0.15, 0.2) is 24.5 Å². The summed E-state index contributed by atoms with van der Waals surface area (Å²) in [5, 5.41) is 3.04. The summed E-state index contributed by atoms with van der Waals surface area (Å²) >= 11 is 5.94. The van der Waals surface area contributed by atoms with E-state index in [0.717, 1.165) is 18.7 Å². The molecule has 2 rings (SSSR count). The fourth-order valence-corrected chi connectivity index (χ4v) is 1.85. The third-order valence-corrected chi connectivity index (χ3v) is 2.94. The highest BCUT2D eigenvalue weighted by Gasteiger charge is 2.12. The number of rotatable bonds is 6. The topological polar surface area (TPSA) is 109 Å². The van der Waals surface area contributed by atoms with E-state index in [0.29, 0.717) is 12.4 Å². The van der Waals surface area contributed by atoms with Gasteiger partial charge in [-0.2, -0.15) is 0 Å². The van der Waals surface area contributed by atoms with Crippen LogP contribution in [0.25, 0.3) is 0 Å². The Bertz CT molecular complexity index is 571. The number of aromatic nitrogens is 3. The number of hydrogen-bond donors (Lipinski definition) is 4. The van der Waals surface area contributed by atoms with Gasteiger partial charge in [-0.1, -0.05) is 11.6 Å². The molecule has 8 heteroatoms. The summed E-state index contributed by atoms with van der Waals surface area (Å²) in [7, 11) is 0. The van der Waals surface area contributed by atoms with Crippen molar-refractivity contribution in [3.05, 3.63) is 41.1 Å². The summed E-state index contributed by atoms with van der Waals surface area (Å²) in [4.78, 5) is 23.1. The minimum atomic E-state index is -0.327. The van der Waals surface area contributed by atoms with E-state index in [2.05, 4.69) is 25.7 Å². The second-order valence-electron chi connectivity index (χ2n) is 4.07. The number of nitrogen functional groups attached to an aromatic ring is 1. The van der Waals surface area contributed by atoms with Gasteiger partial charge >= 0.3 is 0 Å². The van der Waals surface area contributed by atoms with E-state index in [1.54, 1.807) is 24.5 Å². The van der Waals surface area contributed by atoms with Gasteiger partial charge in [-0.3, -0.25) is 4.79 Å². The van der Waals surface area contributed by atoms with Crippen molar-refractivity contribution in [1.82, 2.24) is 20.3 Å². The number of amides is 1. The van der Waals surface area contributed by atoms with Crippen molar-refractivity contribution in [2.75, 3.05) is 12.0 Å². The zero-order chi connectivity index (χ0) is 14.4. The van der Waals surface area contributed by atoms with Gasteiger partial charge in [-0.15, -0.1) is 0 Å². The Morgan fingerprint density at radius 3 is 3.00 bits per heavy atom. The fourth-order valence-electron chi connectivity index (χ4n) is 1.66. The standard InChI is InChI=1S/C12H15ClN6O/c13-8-3-4-10(19-14)18-11(8)12(20)17-5-1-2-9-15-6-7-16-9/h3-4,6-7H,1-2,5,14H2,(H,15,16)(H,17,20)(H,18,19). The number of nitrogens with one attached hydrogen (secondary N) is 3. The number of anilines is 1. The van der Waals surface area contributed by atoms with Crippen molar-refractivity contribution in [2.45, 2.75) is 12.8 Å². The molecular weight excluding hydrogens is 280 g/mol. The summed E-state index contributed by atoms with van der Waals surface area (Å²) in [6, 6.07) is 3.16. The Morgan fingerprint density at radius 2 is 2.30 bits per heavy atom. The second kappa shape index (κ2) is 6.88. The zero-order valence-corrected chi connectivity index (χ0v) is 11.4. The van der Waals surface area contributed by atoms with Gasteiger partial charge in [0.2, 0.25) is 0 Å². The predicted molar refractivity (Wildman–Crippen MR) is 76.3 cm³/mol. The molecule has 20 heavy (non-hydrogen) atoms. The first-order chi connectivity index (χ1) is 9.70. The van der Waals surface area contributed by atoms with Gasteiger partial charge in [0.25, 0.3) is 5.91 Å². The van der Waals surface area contributed by atoms with Gasteiger partial charge in [0.1, 0.15) is 17.3 Å². The largest absolute Gasteiger partial charge is 0.351 e. The van der Waals surface area contributed by atoms with Crippen LogP contribution in [0.3, 0.4) is 0 Å². The lowest BCUT2D eigenvalue weighted by Crippen LogP contribution is -2.26. The molecule has 2 aromatic rings. The first kappa shape index (κ1) is 14.3. The number of hydrogen-bond acceptors (Lipinski definition) is 5. The number of imidazole rings is 1. The number of aryl methyl sites for hydroxylation is 1. The van der Waals surface area contributed by atoms with Crippen LogP contribution in [0.5, 0.6) is 0 Å². The average molecular weight is 295 g/mol. The Labute approximate surface area is 120 Å². The molecule has 0 radical (unpaired) electrons. The van der Waals surface area contributed by atoms with Crippen molar-refractivity contribution in [2.24, 2.45) is 5.84 Å². The van der Waals surface area contributed by atoms with Crippen LogP contribution in [0.4, 0.5) is 5.82 Å². The Hall–Kier alpha value is -2.12. The third-order valence-electron chi connectivity index (χ3n) is 2.64. The first-order valence-electron chi connectivity index (χ1n) is 6.10. The molecular formula is C12H15ClN6O. The van der Waals surface area contributed by atoms with Crippen LogP contribution < -0.4 is 16.6 Å². The van der Waals surface area contributed by atoms with Crippen molar-refractivity contribution < 1.29 is 4.79 Å². The Balaban J connectivity index is 1.85. The quantitative estimate of drug-likeness (QED) is 0.362. The average Bonchev–Trinajstić information content (AvgIpc) is 2.97. The fraction of sp³-hybridized carbons (Fsp3) is 0.250. The van der Waals surface area contributed by atoms with E-state index in [-0.39, 0.29) is 16.6 Å². The molecule has 0 atom stereocenters. The van der Waals surface area contributed by atoms with E-state index in [9.17, 15) is 4.79 Å². The second-order valence-corrected chi connectivity index (χ2v) is 4.47. The van der Waals surface area contributed by atoms with E-state index in [1.165, 1.54) is 0 Å². The number of halogens is 1. The van der Waals surface area contributed by atoms with Gasteiger partial charge in [0.05, 0.1) is 5.02 Å². The number of carbonyl (C=O) groups excluding carboxylic acids is 1. The number of nitrogens with two attached hydrogens (primary N) is 1. The van der Waals surface area contributed by atoms with Crippen molar-refractivity contribution in [3.8, 4) is 0 Å². The van der Waals surface area contributed by atoms with Gasteiger partial charge in [-0.05, 0) is 18.6 Å². The molecule has 7 nitrogen and oxygen atoms in total. The number of nitrogens with zero attached hydrogens (tertiary/aromatic N) is 2. The molecule has 0 saturated carbocycles. The third kappa shape index (κ3) is 3.69. The van der Waals surface area contributed by atoms with E-state index in [1.807, 2.05) is 0 Å². The minimum Gasteiger partial charge on any atom is -0.351 e. The molecule has 0 aliphatic heterocycles. The van der Waals surface area contributed by atoms with Gasteiger partial charge in [0, 0.05) is 25.4 Å². The molecule has 0 aliphatic carbocycles. The molecule has 0 aliphatic rings. The maximum Gasteiger partial charge on any atom is 0.271 e. The number of aromatic amines is 1. The molecule has 0 fully saturated rings. The molecule has 2 aromatic heterocycles. The van der Waals surface area contributed by atoms with E-state index in [4.69, 9.17) is 17.4 Å². The highest BCUT2D eigenvalue weighted by atomic mass is 35.5. The van der Waals surface area contributed by atoms with E-state index < -0.39 is 0 Å². The highest BCUT2D eigenvalue weighted by molar-refractivity contribution is 6.33. The summed E-state index contributed by atoms with van der Waals surface area (Å²) in [6.45, 7) is 0.512. The minimum absolute atomic E-state index is 0.153. The zero-order valence-electron chi connectivity index (χ0n) is 10.7. The molecule has 1 amide bonds. The van der Waals surface area contributed by atoms with Crippen LogP contribution >= 0.6 is 11.6 Å². The monoisotopic (exact) mass is 294 g/mol. The number of H-pyrrole nitrogens is 1.